The zero-order valence-corrected chi connectivity index (χ0v) is 45.2. The number of nitrogens with two attached hydrogens (primary N) is 4. The normalized spacial score (nSPS) is 22.7. The Labute approximate surface area is 465 Å². The van der Waals surface area contributed by atoms with Crippen molar-refractivity contribution in [3.63, 3.8) is 0 Å². The van der Waals surface area contributed by atoms with Crippen molar-refractivity contribution in [3.8, 4) is 0 Å². The van der Waals surface area contributed by atoms with Crippen molar-refractivity contribution < 1.29 is 107 Å². The van der Waals surface area contributed by atoms with Crippen LogP contribution in [0, 0.1) is 17.8 Å². The highest BCUT2D eigenvalue weighted by Crippen LogP contribution is 2.31. The number of aliphatic hydroxyl groups excluding tert-OH is 4. The van der Waals surface area contributed by atoms with Crippen LogP contribution in [0.2, 0.25) is 0 Å². The number of hydrogen-bond donors (Lipinski definition) is 15. The zero-order valence-electron chi connectivity index (χ0n) is 45.2. The number of guanidine groups is 2. The molecule has 0 saturated carbocycles. The van der Waals surface area contributed by atoms with Gasteiger partial charge < -0.3 is 123 Å². The van der Waals surface area contributed by atoms with Crippen LogP contribution in [0.1, 0.15) is 33.6 Å². The van der Waals surface area contributed by atoms with Crippen molar-refractivity contribution in [2.24, 2.45) is 50.7 Å². The number of aliphatic imine (C=N–C) groups is 2. The van der Waals surface area contributed by atoms with Gasteiger partial charge in [0, 0.05) is 58.7 Å². The molecule has 458 valence electrons. The van der Waals surface area contributed by atoms with Crippen LogP contribution in [0.3, 0.4) is 0 Å². The number of carbonyl (C=O) groups excluding carboxylic acids is 6. The van der Waals surface area contributed by atoms with Gasteiger partial charge in [-0.2, -0.15) is 0 Å². The summed E-state index contributed by atoms with van der Waals surface area (Å²) >= 11 is 0. The van der Waals surface area contributed by atoms with Crippen molar-refractivity contribution in [2.75, 3.05) is 105 Å². The van der Waals surface area contributed by atoms with Gasteiger partial charge >= 0.3 is 24.1 Å². The second-order valence-corrected chi connectivity index (χ2v) is 18.4. The minimum Gasteiger partial charge on any atom is -0.479 e. The molecule has 19 N–H and O–H groups in total. The summed E-state index contributed by atoms with van der Waals surface area (Å²) in [6.07, 6.45) is -9.91. The van der Waals surface area contributed by atoms with E-state index in [-0.39, 0.29) is 65.5 Å². The third-order valence-electron chi connectivity index (χ3n) is 12.3. The number of hydrogen-bond acceptors (Lipinski definition) is 22. The first-order valence-corrected chi connectivity index (χ1v) is 25.8. The lowest BCUT2D eigenvalue weighted by Gasteiger charge is -2.39. The zero-order chi connectivity index (χ0) is 60.2. The summed E-state index contributed by atoms with van der Waals surface area (Å²) in [5, 5.41) is 72.7. The van der Waals surface area contributed by atoms with Crippen LogP contribution in [-0.4, -0.2) is 255 Å². The second kappa shape index (κ2) is 35.4. The topological polar surface area (TPSA) is 524 Å². The number of aliphatic hydroxyl groups is 4. The number of alkyl carbamates (subject to hydrolysis) is 2. The molecule has 0 aromatic heterocycles. The fourth-order valence-corrected chi connectivity index (χ4v) is 8.40. The summed E-state index contributed by atoms with van der Waals surface area (Å²) in [6.45, 7) is 3.46. The minimum absolute atomic E-state index is 0.0251. The summed E-state index contributed by atoms with van der Waals surface area (Å²) in [5.41, 5.74) is 22.1. The van der Waals surface area contributed by atoms with Crippen LogP contribution in [0.4, 0.5) is 9.59 Å². The van der Waals surface area contributed by atoms with Crippen molar-refractivity contribution in [1.82, 2.24) is 31.5 Å². The highest BCUT2D eigenvalue weighted by Gasteiger charge is 2.48. The maximum atomic E-state index is 13.8. The number of amides is 6. The Kier molecular flexibility index (Phi) is 29.7. The Morgan fingerprint density at radius 1 is 0.642 bits per heavy atom. The van der Waals surface area contributed by atoms with Crippen molar-refractivity contribution in [2.45, 2.75) is 88.4 Å². The van der Waals surface area contributed by atoms with Gasteiger partial charge in [-0.3, -0.25) is 19.2 Å². The van der Waals surface area contributed by atoms with E-state index in [2.05, 4.69) is 36.6 Å². The molecule has 12 atom stereocenters. The number of carboxylic acids is 2. The predicted molar refractivity (Wildman–Crippen MR) is 278 cm³/mol. The number of aliphatic carboxylic acids is 2. The Morgan fingerprint density at radius 3 is 1.48 bits per heavy atom. The highest BCUT2D eigenvalue weighted by atomic mass is 16.6. The van der Waals surface area contributed by atoms with Gasteiger partial charge in [-0.15, -0.1) is 0 Å². The Bertz CT molecular complexity index is 2220. The van der Waals surface area contributed by atoms with Gasteiger partial charge in [-0.25, -0.2) is 29.2 Å². The lowest BCUT2D eigenvalue weighted by atomic mass is 9.87. The quantitative estimate of drug-likeness (QED) is 0.0159. The van der Waals surface area contributed by atoms with Crippen molar-refractivity contribution in [3.05, 3.63) is 23.7 Å². The van der Waals surface area contributed by atoms with E-state index in [1.165, 1.54) is 11.8 Å². The van der Waals surface area contributed by atoms with Crippen LogP contribution in [0.25, 0.3) is 0 Å². The maximum absolute atomic E-state index is 13.8. The molecule has 3 aliphatic rings. The van der Waals surface area contributed by atoms with E-state index in [4.69, 9.17) is 60.8 Å². The molecule has 3 aliphatic heterocycles. The highest BCUT2D eigenvalue weighted by molar-refractivity contribution is 5.91. The number of ether oxygens (including phenoxy) is 8. The molecule has 0 aromatic rings. The fraction of sp³-hybridized carbons (Fsp3) is 0.702. The van der Waals surface area contributed by atoms with Crippen LogP contribution >= 0.6 is 0 Å². The van der Waals surface area contributed by atoms with Gasteiger partial charge in [0.2, 0.25) is 35.1 Å². The fourth-order valence-electron chi connectivity index (χ4n) is 8.40. The minimum atomic E-state index is -1.92. The lowest BCUT2D eigenvalue weighted by Crippen LogP contribution is -2.61. The number of carbonyl (C=O) groups is 8. The smallest absolute Gasteiger partial charge is 0.407 e. The molecule has 0 spiro atoms. The van der Waals surface area contributed by atoms with Crippen LogP contribution < -0.4 is 49.5 Å². The molecule has 0 aromatic carbocycles. The Hall–Kier alpha value is -7.34. The molecule has 0 radical (unpaired) electrons. The first kappa shape index (κ1) is 67.9. The van der Waals surface area contributed by atoms with E-state index in [1.54, 1.807) is 0 Å². The van der Waals surface area contributed by atoms with E-state index in [0.29, 0.717) is 33.0 Å². The molecule has 81 heavy (non-hydrogen) atoms. The third kappa shape index (κ3) is 23.0. The summed E-state index contributed by atoms with van der Waals surface area (Å²) < 4.78 is 43.6. The molecular formula is C47H78N12O22. The monoisotopic (exact) mass is 1160 g/mol. The molecule has 1 saturated heterocycles. The van der Waals surface area contributed by atoms with Crippen LogP contribution in [0.5, 0.6) is 0 Å². The summed E-state index contributed by atoms with van der Waals surface area (Å²) in [6, 6.07) is -3.66. The first-order valence-electron chi connectivity index (χ1n) is 25.8. The molecule has 0 unspecified atom stereocenters. The summed E-state index contributed by atoms with van der Waals surface area (Å²) in [4.78, 5) is 112. The number of nitrogens with one attached hydrogen (secondary N) is 5. The summed E-state index contributed by atoms with van der Waals surface area (Å²) in [5.74, 6) is -11.1. The van der Waals surface area contributed by atoms with Crippen LogP contribution in [0.15, 0.2) is 33.7 Å². The molecule has 6 amide bonds. The van der Waals surface area contributed by atoms with Crippen molar-refractivity contribution in [1.29, 1.82) is 0 Å². The lowest BCUT2D eigenvalue weighted by molar-refractivity contribution is -0.147. The van der Waals surface area contributed by atoms with Gasteiger partial charge in [0.05, 0.1) is 95.8 Å². The maximum Gasteiger partial charge on any atom is 0.407 e. The molecular weight excluding hydrogens is 1080 g/mol. The average molecular weight is 1160 g/mol. The van der Waals surface area contributed by atoms with E-state index in [1.807, 2.05) is 6.92 Å². The molecule has 0 bridgehead atoms. The molecule has 3 heterocycles. The van der Waals surface area contributed by atoms with Crippen molar-refractivity contribution >= 4 is 59.7 Å². The van der Waals surface area contributed by atoms with E-state index in [0.717, 1.165) is 25.5 Å². The Balaban J connectivity index is 1.66. The SMILES string of the molecule is CCCOCCOCCOCCOCCC(=O)N1C[C@H](C(=O)NCCNC(=O)O[C@@H]([C@@H]2OC(C(=O)O)=C[C@H](N=C(N)N)[C@H]2NC(C)=O)[C@H](O)CO)[C@H](C(=O)NCCNC(=O)O[C@@H]([C@@H]2OC(C(=O)O)=C[C@H](N=C(N)N)[C@H]2C)[C@H](O)CO)C1. The molecule has 34 nitrogen and oxygen atoms in total. The number of carboxylic acid groups (broad SMARTS) is 2. The molecule has 1 fully saturated rings. The van der Waals surface area contributed by atoms with Gasteiger partial charge in [0.25, 0.3) is 0 Å². The molecule has 34 heteroatoms. The Morgan fingerprint density at radius 2 is 1.05 bits per heavy atom. The second-order valence-electron chi connectivity index (χ2n) is 18.4. The number of nitrogens with zero attached hydrogens (tertiary/aromatic N) is 3. The first-order chi connectivity index (χ1) is 38.5. The van der Waals surface area contributed by atoms with Gasteiger partial charge in [0.15, 0.2) is 30.2 Å². The van der Waals surface area contributed by atoms with E-state index in [9.17, 15) is 69.0 Å². The van der Waals surface area contributed by atoms with Gasteiger partial charge in [0.1, 0.15) is 18.3 Å². The number of rotatable bonds is 35. The molecule has 3 rings (SSSR count). The molecule has 0 aliphatic carbocycles. The van der Waals surface area contributed by atoms with Crippen LogP contribution in [-0.2, 0) is 66.7 Å². The van der Waals surface area contributed by atoms with E-state index < -0.39 is 157 Å². The van der Waals surface area contributed by atoms with Gasteiger partial charge in [-0.05, 0) is 18.6 Å². The number of likely N-dealkylation sites (tertiary alicyclic amines) is 1. The largest absolute Gasteiger partial charge is 0.479 e. The predicted octanol–water partition coefficient (Wildman–Crippen LogP) is -6.78. The standard InChI is InChI=1S/C47H78N12O22/c1-4-10-74-12-14-76-16-17-77-15-13-75-11-5-34(65)59-20-26(40(66)52-6-8-54-46(72)80-37(30(63)22-60)36-24(2)28(57-44(48)49)18-32(78-36)42(68)69)27(21-59)41(67)53-7-9-55-47(73)81-38(31(64)23-61)39-35(56-25(3)62)29(58-45(50)51)19-33(79-39)43(70)71/h18-19,24,26-31,35-39,60-61,63-64H,4-17,20-23H2,1-3H3,(H,52,66)(H,53,67)(H,54,72)(H,55,73)(H,56,62)(H,68,69)(H,70,71)(H4,48,49,57)(H4,50,51,58)/t24-,26-,27+,28+,29+,30-,31-,35-,36-,37-,38-,39-/m1/s1. The average Bonchev–Trinajstić information content (AvgIpc) is 3.92. The van der Waals surface area contributed by atoms with E-state index >= 15 is 0 Å². The third-order valence-corrected chi connectivity index (χ3v) is 12.3. The van der Waals surface area contributed by atoms with Gasteiger partial charge in [-0.1, -0.05) is 13.8 Å². The summed E-state index contributed by atoms with van der Waals surface area (Å²) in [7, 11) is 0.